The fraction of sp³-hybridized carbons (Fsp3) is 0.500. The number of ether oxygens (including phenoxy) is 1. The molecule has 0 spiro atoms. The molecule has 6 nitrogen and oxygen atoms in total. The van der Waals surface area contributed by atoms with Gasteiger partial charge < -0.3 is 15.0 Å². The lowest BCUT2D eigenvalue weighted by Gasteiger charge is -2.38. The van der Waals surface area contributed by atoms with E-state index in [0.717, 1.165) is 24.3 Å². The van der Waals surface area contributed by atoms with Gasteiger partial charge in [0.15, 0.2) is 0 Å². The van der Waals surface area contributed by atoms with Crippen LogP contribution in [0.1, 0.15) is 44.4 Å². The summed E-state index contributed by atoms with van der Waals surface area (Å²) in [5, 5.41) is 3.06. The minimum Gasteiger partial charge on any atom is -0.381 e. The van der Waals surface area contributed by atoms with E-state index in [0.29, 0.717) is 12.2 Å². The van der Waals surface area contributed by atoms with Crippen molar-refractivity contribution in [1.82, 2.24) is 0 Å². The quantitative estimate of drug-likeness (QED) is 0.648. The maximum atomic E-state index is 12.0. The van der Waals surface area contributed by atoms with Crippen molar-refractivity contribution in [1.29, 1.82) is 0 Å². The fourth-order valence-electron chi connectivity index (χ4n) is 3.88. The molecule has 1 aliphatic heterocycles. The maximum Gasteiger partial charge on any atom is 0.235 e. The van der Waals surface area contributed by atoms with E-state index in [1.54, 1.807) is 26.0 Å². The van der Waals surface area contributed by atoms with Gasteiger partial charge in [-0.1, -0.05) is 12.1 Å². The Labute approximate surface area is 187 Å². The van der Waals surface area contributed by atoms with E-state index in [4.69, 9.17) is 4.74 Å². The monoisotopic (exact) mass is 445 g/mol. The first-order chi connectivity index (χ1) is 14.5. The molecule has 170 valence electrons. The third-order valence-corrected chi connectivity index (χ3v) is 7.38. The van der Waals surface area contributed by atoms with Crippen LogP contribution in [0, 0.1) is 13.8 Å². The van der Waals surface area contributed by atoms with Gasteiger partial charge >= 0.3 is 0 Å². The standard InChI is InChI=1S/C24H35N3O3S/c1-16(2)31(28,29)26-22-9-7-21(8-10-22)13-25-23-11-18(4)24(12-17(23)3)27-14-19(5)30-20(6)15-27/h7-12,16,19-20,25-26H,13-15H2,1-6H3. The van der Waals surface area contributed by atoms with Crippen LogP contribution in [0.5, 0.6) is 0 Å². The Hall–Kier alpha value is -2.25. The molecule has 1 fully saturated rings. The second kappa shape index (κ2) is 9.49. The van der Waals surface area contributed by atoms with Crippen molar-refractivity contribution in [3.05, 3.63) is 53.1 Å². The highest BCUT2D eigenvalue weighted by molar-refractivity contribution is 7.93. The number of morpholine rings is 1. The summed E-state index contributed by atoms with van der Waals surface area (Å²) in [5.74, 6) is 0. The summed E-state index contributed by atoms with van der Waals surface area (Å²) in [5.41, 5.74) is 6.50. The molecule has 0 aromatic heterocycles. The molecular weight excluding hydrogens is 410 g/mol. The lowest BCUT2D eigenvalue weighted by Crippen LogP contribution is -2.45. The summed E-state index contributed by atoms with van der Waals surface area (Å²) >= 11 is 0. The zero-order valence-corrected chi connectivity index (χ0v) is 20.2. The van der Waals surface area contributed by atoms with E-state index < -0.39 is 15.3 Å². The predicted octanol–water partition coefficient (Wildman–Crippen LogP) is 4.68. The molecule has 0 radical (unpaired) electrons. The van der Waals surface area contributed by atoms with E-state index in [1.165, 1.54) is 16.8 Å². The second-order valence-electron chi connectivity index (χ2n) is 8.86. The van der Waals surface area contributed by atoms with Gasteiger partial charge in [0.25, 0.3) is 0 Å². The molecule has 0 amide bonds. The van der Waals surface area contributed by atoms with Crippen molar-refractivity contribution in [3.8, 4) is 0 Å². The van der Waals surface area contributed by atoms with Gasteiger partial charge in [-0.15, -0.1) is 0 Å². The van der Waals surface area contributed by atoms with E-state index in [-0.39, 0.29) is 12.2 Å². The van der Waals surface area contributed by atoms with E-state index in [9.17, 15) is 8.42 Å². The number of rotatable bonds is 7. The van der Waals surface area contributed by atoms with Crippen LogP contribution in [0.25, 0.3) is 0 Å². The minimum absolute atomic E-state index is 0.231. The molecule has 2 aromatic carbocycles. The summed E-state index contributed by atoms with van der Waals surface area (Å²) < 4.78 is 32.5. The van der Waals surface area contributed by atoms with Crippen LogP contribution in [-0.4, -0.2) is 39.0 Å². The molecule has 7 heteroatoms. The van der Waals surface area contributed by atoms with Crippen molar-refractivity contribution in [3.63, 3.8) is 0 Å². The molecule has 0 saturated carbocycles. The molecule has 1 aliphatic rings. The predicted molar refractivity (Wildman–Crippen MR) is 130 cm³/mol. The number of sulfonamides is 1. The van der Waals surface area contributed by atoms with Crippen LogP contribution in [0.3, 0.4) is 0 Å². The molecule has 0 aliphatic carbocycles. The maximum absolute atomic E-state index is 12.0. The molecule has 2 N–H and O–H groups in total. The highest BCUT2D eigenvalue weighted by Crippen LogP contribution is 2.30. The molecule has 2 unspecified atom stereocenters. The molecule has 0 bridgehead atoms. The molecule has 2 aromatic rings. The number of hydrogen-bond donors (Lipinski definition) is 2. The van der Waals surface area contributed by atoms with Crippen LogP contribution < -0.4 is 14.9 Å². The Balaban J connectivity index is 1.66. The number of aryl methyl sites for hydroxylation is 2. The van der Waals surface area contributed by atoms with Crippen LogP contribution in [0.4, 0.5) is 17.1 Å². The van der Waals surface area contributed by atoms with Crippen molar-refractivity contribution in [2.75, 3.05) is 28.0 Å². The van der Waals surface area contributed by atoms with Crippen LogP contribution >= 0.6 is 0 Å². The summed E-state index contributed by atoms with van der Waals surface area (Å²) in [6.45, 7) is 14.3. The fourth-order valence-corrected chi connectivity index (χ4v) is 4.58. The van der Waals surface area contributed by atoms with Crippen molar-refractivity contribution in [2.24, 2.45) is 0 Å². The summed E-state index contributed by atoms with van der Waals surface area (Å²) in [7, 11) is -3.33. The second-order valence-corrected chi connectivity index (χ2v) is 11.1. The van der Waals surface area contributed by atoms with Crippen molar-refractivity contribution < 1.29 is 13.2 Å². The Morgan fingerprint density at radius 3 is 2.23 bits per heavy atom. The molecule has 3 rings (SSSR count). The SMILES string of the molecule is Cc1cc(N2CC(C)OC(C)C2)c(C)cc1NCc1ccc(NS(=O)(=O)C(C)C)cc1. The smallest absolute Gasteiger partial charge is 0.235 e. The first-order valence-electron chi connectivity index (χ1n) is 10.9. The molecule has 2 atom stereocenters. The lowest BCUT2D eigenvalue weighted by atomic mass is 10.1. The lowest BCUT2D eigenvalue weighted by molar-refractivity contribution is -0.00524. The first kappa shape index (κ1) is 23.4. The number of anilines is 3. The van der Waals surface area contributed by atoms with Crippen LogP contribution in [0.15, 0.2) is 36.4 Å². The largest absolute Gasteiger partial charge is 0.381 e. The van der Waals surface area contributed by atoms with Crippen LogP contribution in [0.2, 0.25) is 0 Å². The molecule has 31 heavy (non-hydrogen) atoms. The zero-order chi connectivity index (χ0) is 22.8. The highest BCUT2D eigenvalue weighted by atomic mass is 32.2. The minimum atomic E-state index is -3.33. The van der Waals surface area contributed by atoms with Gasteiger partial charge in [-0.3, -0.25) is 4.72 Å². The number of benzene rings is 2. The van der Waals surface area contributed by atoms with Gasteiger partial charge in [-0.2, -0.15) is 0 Å². The van der Waals surface area contributed by atoms with Gasteiger partial charge in [0.2, 0.25) is 10.0 Å². The Bertz CT molecular complexity index is 993. The summed E-state index contributed by atoms with van der Waals surface area (Å²) in [6, 6.07) is 12.0. The average Bonchev–Trinajstić information content (AvgIpc) is 2.68. The number of nitrogens with one attached hydrogen (secondary N) is 2. The Morgan fingerprint density at radius 2 is 1.65 bits per heavy atom. The van der Waals surface area contributed by atoms with E-state index in [2.05, 4.69) is 54.8 Å². The average molecular weight is 446 g/mol. The Morgan fingerprint density at radius 1 is 1.03 bits per heavy atom. The summed E-state index contributed by atoms with van der Waals surface area (Å²) in [4.78, 5) is 2.42. The Kier molecular flexibility index (Phi) is 7.17. The molecule has 1 saturated heterocycles. The number of hydrogen-bond acceptors (Lipinski definition) is 5. The zero-order valence-electron chi connectivity index (χ0n) is 19.4. The number of nitrogens with zero attached hydrogens (tertiary/aromatic N) is 1. The van der Waals surface area contributed by atoms with Crippen molar-refractivity contribution >= 4 is 27.1 Å². The molecule has 1 heterocycles. The van der Waals surface area contributed by atoms with E-state index in [1.807, 2.05) is 12.1 Å². The normalized spacial score (nSPS) is 19.5. The third-order valence-electron chi connectivity index (χ3n) is 5.62. The third kappa shape index (κ3) is 5.92. The topological polar surface area (TPSA) is 70.7 Å². The van der Waals surface area contributed by atoms with E-state index >= 15 is 0 Å². The van der Waals surface area contributed by atoms with Gasteiger partial charge in [0, 0.05) is 36.7 Å². The highest BCUT2D eigenvalue weighted by Gasteiger charge is 2.23. The van der Waals surface area contributed by atoms with Crippen molar-refractivity contribution in [2.45, 2.75) is 65.5 Å². The van der Waals surface area contributed by atoms with Crippen LogP contribution in [-0.2, 0) is 21.3 Å². The first-order valence-corrected chi connectivity index (χ1v) is 12.5. The summed E-state index contributed by atoms with van der Waals surface area (Å²) in [6.07, 6.45) is 0.462. The van der Waals surface area contributed by atoms with Gasteiger partial charge in [0.1, 0.15) is 0 Å². The van der Waals surface area contributed by atoms with Gasteiger partial charge in [-0.25, -0.2) is 8.42 Å². The van der Waals surface area contributed by atoms with Gasteiger partial charge in [0.05, 0.1) is 17.5 Å². The molecular formula is C24H35N3O3S. The van der Waals surface area contributed by atoms with Gasteiger partial charge in [-0.05, 0) is 82.5 Å².